The molecular weight excluding hydrogens is 526 g/mol. The molecule has 9 nitrogen and oxygen atoms in total. The van der Waals surface area contributed by atoms with Crippen molar-refractivity contribution in [3.05, 3.63) is 35.0 Å². The van der Waals surface area contributed by atoms with Crippen molar-refractivity contribution >= 4 is 39.2 Å². The topological polar surface area (TPSA) is 91.4 Å². The van der Waals surface area contributed by atoms with Crippen LogP contribution in [0.25, 0.3) is 32.9 Å². The fourth-order valence-corrected chi connectivity index (χ4v) is 6.46. The lowest BCUT2D eigenvalue weighted by molar-refractivity contribution is 0.122. The van der Waals surface area contributed by atoms with Crippen LogP contribution in [0.15, 0.2) is 24.4 Å². The number of anilines is 1. The van der Waals surface area contributed by atoms with Crippen LogP contribution in [0.2, 0.25) is 5.02 Å². The molecule has 0 spiro atoms. The van der Waals surface area contributed by atoms with E-state index in [0.29, 0.717) is 29.4 Å². The van der Waals surface area contributed by atoms with E-state index >= 15 is 0 Å². The number of H-pyrrole nitrogens is 1. The maximum atomic E-state index is 7.21. The minimum absolute atomic E-state index is 0.137. The molecule has 1 unspecified atom stereocenters. The molecule has 1 atom stereocenters. The molecule has 2 saturated heterocycles. The third-order valence-corrected chi connectivity index (χ3v) is 9.07. The summed E-state index contributed by atoms with van der Waals surface area (Å²) in [7, 11) is 2.16. The summed E-state index contributed by atoms with van der Waals surface area (Å²) in [6.07, 6.45) is 7.53. The highest BCUT2D eigenvalue weighted by Gasteiger charge is 2.29. The number of aromatic nitrogens is 4. The van der Waals surface area contributed by atoms with Crippen LogP contribution in [0.1, 0.15) is 37.7 Å². The van der Waals surface area contributed by atoms with Gasteiger partial charge in [-0.25, -0.2) is 0 Å². The number of aromatic amines is 1. The van der Waals surface area contributed by atoms with E-state index in [-0.39, 0.29) is 6.10 Å². The first kappa shape index (κ1) is 25.8. The molecule has 2 aromatic carbocycles. The molecule has 4 aromatic rings. The monoisotopic (exact) mass is 561 g/mol. The second kappa shape index (κ2) is 10.7. The molecular formula is C30H36ClN7O2. The van der Waals surface area contributed by atoms with E-state index in [2.05, 4.69) is 51.4 Å². The third kappa shape index (κ3) is 4.63. The molecule has 210 valence electrons. The molecule has 10 heteroatoms. The second-order valence-electron chi connectivity index (χ2n) is 11.4. The fraction of sp³-hybridized carbons (Fsp3) is 0.500. The number of ether oxygens (including phenoxy) is 2. The standard InChI is InChI=1S/C30H36ClN7O2/c1-18-8-9-24-22(16-33-36-24)25(18)26-23(31)15-21-27(28(26)40-20-6-3-7-20)34-30(39-17-19-5-4-12-37(19)2)35-29(21)38-13-10-32-11-14-38/h8-9,15-16,19-20,32H,3-7,10-14,17H2,1-2H3,(H,33,36). The smallest absolute Gasteiger partial charge is 0.319 e. The van der Waals surface area contributed by atoms with E-state index in [1.54, 1.807) is 0 Å². The van der Waals surface area contributed by atoms with Gasteiger partial charge in [0.25, 0.3) is 0 Å². The lowest BCUT2D eigenvalue weighted by Gasteiger charge is -2.31. The number of rotatable bonds is 7. The lowest BCUT2D eigenvalue weighted by Crippen LogP contribution is -2.44. The molecule has 3 fully saturated rings. The van der Waals surface area contributed by atoms with Crippen LogP contribution in [-0.2, 0) is 0 Å². The Kier molecular flexibility index (Phi) is 6.89. The highest BCUT2D eigenvalue weighted by molar-refractivity contribution is 6.35. The van der Waals surface area contributed by atoms with Gasteiger partial charge in [-0.05, 0) is 70.3 Å². The summed E-state index contributed by atoms with van der Waals surface area (Å²) in [4.78, 5) is 14.7. The molecule has 0 radical (unpaired) electrons. The average Bonchev–Trinajstić information content (AvgIpc) is 3.59. The number of halogens is 1. The van der Waals surface area contributed by atoms with Gasteiger partial charge in [-0.1, -0.05) is 17.7 Å². The van der Waals surface area contributed by atoms with Gasteiger partial charge < -0.3 is 24.6 Å². The number of likely N-dealkylation sites (tertiary alicyclic amines) is 1. The molecule has 2 aromatic heterocycles. The van der Waals surface area contributed by atoms with Crippen LogP contribution in [0.4, 0.5) is 5.82 Å². The average molecular weight is 562 g/mol. The number of fused-ring (bicyclic) bond motifs is 2. The summed E-state index contributed by atoms with van der Waals surface area (Å²) in [5, 5.41) is 13.4. The maximum Gasteiger partial charge on any atom is 0.319 e. The number of piperazine rings is 1. The summed E-state index contributed by atoms with van der Waals surface area (Å²) < 4.78 is 13.2. The molecule has 2 aliphatic heterocycles. The van der Waals surface area contributed by atoms with E-state index in [0.717, 1.165) is 96.3 Å². The zero-order valence-electron chi connectivity index (χ0n) is 23.2. The van der Waals surface area contributed by atoms with Crippen LogP contribution in [0, 0.1) is 6.92 Å². The van der Waals surface area contributed by atoms with E-state index in [1.807, 2.05) is 12.3 Å². The van der Waals surface area contributed by atoms with Gasteiger partial charge >= 0.3 is 6.01 Å². The predicted octanol–water partition coefficient (Wildman–Crippen LogP) is 4.95. The largest absolute Gasteiger partial charge is 0.487 e. The van der Waals surface area contributed by atoms with Gasteiger partial charge in [0.05, 0.1) is 22.8 Å². The van der Waals surface area contributed by atoms with Crippen molar-refractivity contribution in [3.63, 3.8) is 0 Å². The van der Waals surface area contributed by atoms with Gasteiger partial charge in [-0.15, -0.1) is 0 Å². The Bertz CT molecular complexity index is 1550. The molecule has 0 bridgehead atoms. The van der Waals surface area contributed by atoms with Gasteiger partial charge in [-0.2, -0.15) is 15.1 Å². The highest BCUT2D eigenvalue weighted by Crippen LogP contribution is 2.48. The Labute approximate surface area is 239 Å². The lowest BCUT2D eigenvalue weighted by atomic mass is 9.93. The van der Waals surface area contributed by atoms with Crippen molar-refractivity contribution in [2.24, 2.45) is 0 Å². The molecule has 40 heavy (non-hydrogen) atoms. The Morgan fingerprint density at radius 3 is 2.62 bits per heavy atom. The van der Waals surface area contributed by atoms with Crippen LogP contribution in [-0.4, -0.2) is 83.6 Å². The minimum atomic E-state index is 0.137. The SMILES string of the molecule is Cc1ccc2[nH]ncc2c1-c1c(Cl)cc2c(N3CCNCC3)nc(OCC3CCCN3C)nc2c1OC1CCC1. The van der Waals surface area contributed by atoms with E-state index in [9.17, 15) is 0 Å². The van der Waals surface area contributed by atoms with E-state index in [1.165, 1.54) is 12.8 Å². The quantitative estimate of drug-likeness (QED) is 0.327. The summed E-state index contributed by atoms with van der Waals surface area (Å²) in [5.74, 6) is 1.57. The number of nitrogens with zero attached hydrogens (tertiary/aromatic N) is 5. The molecule has 1 saturated carbocycles. The van der Waals surface area contributed by atoms with Crippen molar-refractivity contribution in [1.29, 1.82) is 0 Å². The number of hydrogen-bond donors (Lipinski definition) is 2. The van der Waals surface area contributed by atoms with Crippen molar-refractivity contribution in [3.8, 4) is 22.9 Å². The molecule has 1 aliphatic carbocycles. The van der Waals surface area contributed by atoms with Gasteiger partial charge in [0.1, 0.15) is 17.9 Å². The molecule has 4 heterocycles. The van der Waals surface area contributed by atoms with E-state index in [4.69, 9.17) is 31.0 Å². The zero-order chi connectivity index (χ0) is 27.2. The van der Waals surface area contributed by atoms with Crippen LogP contribution < -0.4 is 19.7 Å². The number of benzene rings is 2. The second-order valence-corrected chi connectivity index (χ2v) is 11.8. The number of likely N-dealkylation sites (N-methyl/N-ethyl adjacent to an activating group) is 1. The Morgan fingerprint density at radius 2 is 1.88 bits per heavy atom. The first-order valence-electron chi connectivity index (χ1n) is 14.5. The number of aryl methyl sites for hydroxylation is 1. The minimum Gasteiger partial charge on any atom is -0.487 e. The van der Waals surface area contributed by atoms with Gasteiger partial charge in [0.2, 0.25) is 0 Å². The molecule has 3 aliphatic rings. The van der Waals surface area contributed by atoms with Crippen molar-refractivity contribution in [1.82, 2.24) is 30.4 Å². The first-order chi connectivity index (χ1) is 19.6. The summed E-state index contributed by atoms with van der Waals surface area (Å²) in [6, 6.07) is 6.94. The van der Waals surface area contributed by atoms with Crippen LogP contribution >= 0.6 is 11.6 Å². The maximum absolute atomic E-state index is 7.21. The van der Waals surface area contributed by atoms with Crippen LogP contribution in [0.3, 0.4) is 0 Å². The van der Waals surface area contributed by atoms with Crippen molar-refractivity contribution < 1.29 is 9.47 Å². The molecule has 0 amide bonds. The third-order valence-electron chi connectivity index (χ3n) is 8.77. The highest BCUT2D eigenvalue weighted by atomic mass is 35.5. The number of hydrogen-bond acceptors (Lipinski definition) is 8. The van der Waals surface area contributed by atoms with Crippen LogP contribution in [0.5, 0.6) is 11.8 Å². The fourth-order valence-electron chi connectivity index (χ4n) is 6.17. The first-order valence-corrected chi connectivity index (χ1v) is 14.9. The van der Waals surface area contributed by atoms with Crippen molar-refractivity contribution in [2.75, 3.05) is 51.3 Å². The number of nitrogens with one attached hydrogen (secondary N) is 2. The van der Waals surface area contributed by atoms with Gasteiger partial charge in [0, 0.05) is 54.1 Å². The Balaban J connectivity index is 1.44. The predicted molar refractivity (Wildman–Crippen MR) is 159 cm³/mol. The normalized spacial score (nSPS) is 20.4. The van der Waals surface area contributed by atoms with Gasteiger partial charge in [-0.3, -0.25) is 5.10 Å². The molecule has 2 N–H and O–H groups in total. The summed E-state index contributed by atoms with van der Waals surface area (Å²) >= 11 is 7.21. The Morgan fingerprint density at radius 1 is 1.02 bits per heavy atom. The van der Waals surface area contributed by atoms with Crippen molar-refractivity contribution in [2.45, 2.75) is 51.2 Å². The molecule has 7 rings (SSSR count). The zero-order valence-corrected chi connectivity index (χ0v) is 23.9. The summed E-state index contributed by atoms with van der Waals surface area (Å²) in [5.41, 5.74) is 4.69. The van der Waals surface area contributed by atoms with Gasteiger partial charge in [0.15, 0.2) is 5.75 Å². The summed E-state index contributed by atoms with van der Waals surface area (Å²) in [6.45, 7) is 7.26. The Hall–Kier alpha value is -3.14. The van der Waals surface area contributed by atoms with E-state index < -0.39 is 0 Å².